The third kappa shape index (κ3) is 3.11. The minimum absolute atomic E-state index is 0.259. The first-order valence-corrected chi connectivity index (χ1v) is 9.15. The number of carbonyl (C=O) groups excluding carboxylic acids is 1. The Morgan fingerprint density at radius 1 is 1.22 bits per heavy atom. The number of rotatable bonds is 2. The molecule has 3 aliphatic rings. The van der Waals surface area contributed by atoms with Gasteiger partial charge < -0.3 is 10.2 Å². The zero-order chi connectivity index (χ0) is 15.6. The molecule has 0 aromatic carbocycles. The molecule has 1 atom stereocenters. The lowest BCUT2D eigenvalue weighted by Gasteiger charge is -2.32. The molecule has 2 aliphatic heterocycles. The molecule has 1 aromatic heterocycles. The van der Waals surface area contributed by atoms with Crippen molar-refractivity contribution in [1.29, 1.82) is 0 Å². The monoisotopic (exact) mass is 314 g/mol. The summed E-state index contributed by atoms with van der Waals surface area (Å²) in [6.45, 7) is 3.58. The van der Waals surface area contributed by atoms with Crippen molar-refractivity contribution in [3.05, 3.63) is 23.3 Å². The Kier molecular flexibility index (Phi) is 4.29. The van der Waals surface area contributed by atoms with Crippen LogP contribution >= 0.6 is 0 Å². The Labute approximate surface area is 137 Å². The second-order valence-corrected chi connectivity index (χ2v) is 7.23. The maximum atomic E-state index is 12.7. The van der Waals surface area contributed by atoms with E-state index in [-0.39, 0.29) is 5.92 Å². The number of hydrogen-bond donors (Lipinski definition) is 1. The number of nitrogens with one attached hydrogen (secondary N) is 1. The van der Waals surface area contributed by atoms with Crippen LogP contribution in [0.5, 0.6) is 0 Å². The molecule has 1 saturated heterocycles. The molecule has 0 radical (unpaired) electrons. The number of hydrogen-bond acceptors (Lipinski definition) is 4. The highest BCUT2D eigenvalue weighted by molar-refractivity contribution is 5.79. The van der Waals surface area contributed by atoms with Gasteiger partial charge in [-0.05, 0) is 25.8 Å². The Hall–Kier alpha value is -1.49. The fourth-order valence-corrected chi connectivity index (χ4v) is 4.20. The number of aromatic nitrogens is 2. The number of nitrogens with zero attached hydrogens (tertiary/aromatic N) is 3. The van der Waals surface area contributed by atoms with Gasteiger partial charge in [-0.25, -0.2) is 9.97 Å². The molecular weight excluding hydrogens is 288 g/mol. The molecule has 1 aliphatic carbocycles. The summed E-state index contributed by atoms with van der Waals surface area (Å²) >= 11 is 0. The van der Waals surface area contributed by atoms with E-state index in [9.17, 15) is 4.79 Å². The number of amides is 1. The smallest absolute Gasteiger partial charge is 0.225 e. The molecule has 5 heteroatoms. The van der Waals surface area contributed by atoms with Gasteiger partial charge in [0, 0.05) is 49.7 Å². The van der Waals surface area contributed by atoms with Gasteiger partial charge in [-0.1, -0.05) is 19.3 Å². The summed E-state index contributed by atoms with van der Waals surface area (Å²) in [5.41, 5.74) is 2.31. The molecule has 1 aromatic rings. The molecule has 1 N–H and O–H groups in total. The first-order valence-electron chi connectivity index (χ1n) is 9.15. The van der Waals surface area contributed by atoms with Crippen molar-refractivity contribution in [2.24, 2.45) is 5.92 Å². The van der Waals surface area contributed by atoms with Gasteiger partial charge in [0.1, 0.15) is 5.82 Å². The van der Waals surface area contributed by atoms with Crippen molar-refractivity contribution in [2.45, 2.75) is 57.4 Å². The molecule has 23 heavy (non-hydrogen) atoms. The number of carbonyl (C=O) groups is 1. The molecule has 5 nitrogen and oxygen atoms in total. The van der Waals surface area contributed by atoms with Gasteiger partial charge in [0.15, 0.2) is 0 Å². The lowest BCUT2D eigenvalue weighted by molar-refractivity contribution is -0.137. The van der Waals surface area contributed by atoms with Crippen LogP contribution in [0.1, 0.15) is 61.5 Å². The van der Waals surface area contributed by atoms with Crippen molar-refractivity contribution in [1.82, 2.24) is 20.2 Å². The molecule has 4 rings (SSSR count). The van der Waals surface area contributed by atoms with Crippen molar-refractivity contribution >= 4 is 5.91 Å². The standard InChI is InChI=1S/C18H26N4O/c23-18(13-4-2-1-3-5-13)22-9-7-16-15(12-22)11-20-17(21-16)14-6-8-19-10-14/h11,13-14,19H,1-10,12H2. The molecule has 1 unspecified atom stereocenters. The Morgan fingerprint density at radius 3 is 2.87 bits per heavy atom. The third-order valence-electron chi connectivity index (χ3n) is 5.64. The van der Waals surface area contributed by atoms with E-state index in [1.54, 1.807) is 0 Å². The van der Waals surface area contributed by atoms with Crippen LogP contribution in [0, 0.1) is 5.92 Å². The molecule has 1 saturated carbocycles. The van der Waals surface area contributed by atoms with E-state index in [0.29, 0.717) is 18.4 Å². The van der Waals surface area contributed by atoms with Gasteiger partial charge >= 0.3 is 0 Å². The molecule has 1 amide bonds. The predicted molar refractivity (Wildman–Crippen MR) is 88.0 cm³/mol. The zero-order valence-electron chi connectivity index (χ0n) is 13.8. The van der Waals surface area contributed by atoms with Gasteiger partial charge in [-0.15, -0.1) is 0 Å². The summed E-state index contributed by atoms with van der Waals surface area (Å²) in [6, 6.07) is 0. The summed E-state index contributed by atoms with van der Waals surface area (Å²) in [5.74, 6) is 2.07. The second kappa shape index (κ2) is 6.56. The van der Waals surface area contributed by atoms with Crippen molar-refractivity contribution in [2.75, 3.05) is 19.6 Å². The van der Waals surface area contributed by atoms with Gasteiger partial charge in [0.25, 0.3) is 0 Å². The van der Waals surface area contributed by atoms with Crippen LogP contribution in [-0.4, -0.2) is 40.4 Å². The molecule has 2 fully saturated rings. The normalized spacial score (nSPS) is 25.4. The lowest BCUT2D eigenvalue weighted by atomic mass is 9.88. The summed E-state index contributed by atoms with van der Waals surface area (Å²) in [5, 5.41) is 3.38. The minimum atomic E-state index is 0.259. The topological polar surface area (TPSA) is 58.1 Å². The van der Waals surface area contributed by atoms with Crippen LogP contribution in [0.15, 0.2) is 6.20 Å². The maximum absolute atomic E-state index is 12.7. The molecule has 124 valence electrons. The van der Waals surface area contributed by atoms with E-state index in [2.05, 4.69) is 10.3 Å². The van der Waals surface area contributed by atoms with E-state index in [0.717, 1.165) is 62.4 Å². The van der Waals surface area contributed by atoms with Crippen LogP contribution in [0.3, 0.4) is 0 Å². The Bertz CT molecular complexity index is 576. The van der Waals surface area contributed by atoms with E-state index in [1.165, 1.54) is 19.3 Å². The van der Waals surface area contributed by atoms with Gasteiger partial charge in [0.2, 0.25) is 5.91 Å². The predicted octanol–water partition coefficient (Wildman–Crippen LogP) is 2.02. The zero-order valence-corrected chi connectivity index (χ0v) is 13.8. The first kappa shape index (κ1) is 15.1. The molecule has 0 bridgehead atoms. The highest BCUT2D eigenvalue weighted by Crippen LogP contribution is 2.28. The maximum Gasteiger partial charge on any atom is 0.225 e. The van der Waals surface area contributed by atoms with E-state index in [1.807, 2.05) is 11.1 Å². The Morgan fingerprint density at radius 2 is 2.09 bits per heavy atom. The summed E-state index contributed by atoms with van der Waals surface area (Å²) in [4.78, 5) is 24.2. The van der Waals surface area contributed by atoms with Crippen LogP contribution < -0.4 is 5.32 Å². The van der Waals surface area contributed by atoms with Gasteiger partial charge in [-0.3, -0.25) is 4.79 Å². The van der Waals surface area contributed by atoms with Crippen LogP contribution in [-0.2, 0) is 17.8 Å². The SMILES string of the molecule is O=C(C1CCCCC1)N1CCc2nc(C3CCNC3)ncc2C1. The van der Waals surface area contributed by atoms with Crippen LogP contribution in [0.2, 0.25) is 0 Å². The summed E-state index contributed by atoms with van der Waals surface area (Å²) < 4.78 is 0. The molecular formula is C18H26N4O. The van der Waals surface area contributed by atoms with Crippen LogP contribution in [0.25, 0.3) is 0 Å². The quantitative estimate of drug-likeness (QED) is 0.907. The fraction of sp³-hybridized carbons (Fsp3) is 0.722. The highest BCUT2D eigenvalue weighted by Gasteiger charge is 2.29. The van der Waals surface area contributed by atoms with Gasteiger partial charge in [0.05, 0.1) is 5.69 Å². The molecule has 0 spiro atoms. The van der Waals surface area contributed by atoms with Gasteiger partial charge in [-0.2, -0.15) is 0 Å². The van der Waals surface area contributed by atoms with E-state index < -0.39 is 0 Å². The first-order chi connectivity index (χ1) is 11.3. The fourth-order valence-electron chi connectivity index (χ4n) is 4.20. The molecule has 3 heterocycles. The largest absolute Gasteiger partial charge is 0.338 e. The second-order valence-electron chi connectivity index (χ2n) is 7.23. The lowest BCUT2D eigenvalue weighted by Crippen LogP contribution is -2.40. The van der Waals surface area contributed by atoms with Crippen molar-refractivity contribution in [3.63, 3.8) is 0 Å². The van der Waals surface area contributed by atoms with Crippen molar-refractivity contribution in [3.8, 4) is 0 Å². The average Bonchev–Trinajstić information content (AvgIpc) is 3.15. The minimum Gasteiger partial charge on any atom is -0.338 e. The van der Waals surface area contributed by atoms with E-state index >= 15 is 0 Å². The van der Waals surface area contributed by atoms with Crippen molar-refractivity contribution < 1.29 is 4.79 Å². The Balaban J connectivity index is 1.45. The van der Waals surface area contributed by atoms with Crippen LogP contribution in [0.4, 0.5) is 0 Å². The average molecular weight is 314 g/mol. The highest BCUT2D eigenvalue weighted by atomic mass is 16.2. The number of fused-ring (bicyclic) bond motifs is 1. The summed E-state index contributed by atoms with van der Waals surface area (Å²) in [6.07, 6.45) is 9.84. The third-order valence-corrected chi connectivity index (χ3v) is 5.64. The van der Waals surface area contributed by atoms with E-state index in [4.69, 9.17) is 4.98 Å². The summed E-state index contributed by atoms with van der Waals surface area (Å²) in [7, 11) is 0.